The summed E-state index contributed by atoms with van der Waals surface area (Å²) in [7, 11) is -0.150. The van der Waals surface area contributed by atoms with Gasteiger partial charge in [0.1, 0.15) is 5.75 Å². The Morgan fingerprint density at radius 3 is 2.69 bits per heavy atom. The van der Waals surface area contributed by atoms with Gasteiger partial charge in [0.2, 0.25) is 0 Å². The summed E-state index contributed by atoms with van der Waals surface area (Å²) in [5.41, 5.74) is 1.84. The van der Waals surface area contributed by atoms with Crippen molar-refractivity contribution in [2.24, 2.45) is 7.05 Å². The fraction of sp³-hybridized carbons (Fsp3) is 0.500. The van der Waals surface area contributed by atoms with Gasteiger partial charge in [-0.2, -0.15) is 4.31 Å². The van der Waals surface area contributed by atoms with E-state index in [0.29, 0.717) is 32.5 Å². The Morgan fingerprint density at radius 2 is 2.04 bits per heavy atom. The van der Waals surface area contributed by atoms with Crippen LogP contribution in [0.2, 0.25) is 0 Å². The molecule has 2 aliphatic heterocycles. The molecule has 26 heavy (non-hydrogen) atoms. The lowest BCUT2D eigenvalue weighted by Crippen LogP contribution is -2.48. The molecule has 1 aromatic heterocycles. The molecule has 0 N–H and O–H groups in total. The first-order valence-corrected chi connectivity index (χ1v) is 10.2. The zero-order valence-corrected chi connectivity index (χ0v) is 15.8. The summed E-state index contributed by atoms with van der Waals surface area (Å²) >= 11 is 0. The van der Waals surface area contributed by atoms with Crippen molar-refractivity contribution in [2.45, 2.75) is 29.9 Å². The molecular formula is C18H23N3O4S. The number of imidazole rings is 1. The molecule has 8 heteroatoms. The van der Waals surface area contributed by atoms with Crippen LogP contribution in [-0.2, 0) is 33.8 Å². The maximum atomic E-state index is 12.8. The van der Waals surface area contributed by atoms with Gasteiger partial charge in [0.15, 0.2) is 5.03 Å². The van der Waals surface area contributed by atoms with Gasteiger partial charge >= 0.3 is 0 Å². The summed E-state index contributed by atoms with van der Waals surface area (Å²) in [5.74, 6) is 0.822. The molecule has 0 aliphatic carbocycles. The molecular weight excluding hydrogens is 354 g/mol. The van der Waals surface area contributed by atoms with Crippen LogP contribution in [0.1, 0.15) is 24.0 Å². The highest BCUT2D eigenvalue weighted by Gasteiger charge is 2.45. The molecule has 1 saturated heterocycles. The van der Waals surface area contributed by atoms with E-state index in [9.17, 15) is 8.42 Å². The number of nitrogens with zero attached hydrogens (tertiary/aromatic N) is 3. The van der Waals surface area contributed by atoms with E-state index in [0.717, 1.165) is 17.7 Å². The second-order valence-electron chi connectivity index (χ2n) is 6.87. The number of ether oxygens (including phenoxy) is 2. The third-order valence-electron chi connectivity index (χ3n) is 5.35. The van der Waals surface area contributed by atoms with Crippen LogP contribution in [-0.4, -0.2) is 49.1 Å². The Morgan fingerprint density at radius 1 is 1.27 bits per heavy atom. The monoisotopic (exact) mass is 377 g/mol. The quantitative estimate of drug-likeness (QED) is 0.814. The Kier molecular flexibility index (Phi) is 4.29. The van der Waals surface area contributed by atoms with Crippen molar-refractivity contribution in [3.05, 3.63) is 41.9 Å². The van der Waals surface area contributed by atoms with Crippen molar-refractivity contribution in [1.29, 1.82) is 0 Å². The third kappa shape index (κ3) is 2.72. The zero-order valence-electron chi connectivity index (χ0n) is 15.0. The van der Waals surface area contributed by atoms with Gasteiger partial charge in [0.05, 0.1) is 25.6 Å². The van der Waals surface area contributed by atoms with Crippen molar-refractivity contribution in [1.82, 2.24) is 13.9 Å². The molecule has 1 aromatic carbocycles. The molecule has 0 bridgehead atoms. The van der Waals surface area contributed by atoms with Gasteiger partial charge in [-0.25, -0.2) is 13.4 Å². The van der Waals surface area contributed by atoms with Crippen LogP contribution in [0.25, 0.3) is 0 Å². The van der Waals surface area contributed by atoms with Crippen molar-refractivity contribution in [3.8, 4) is 5.75 Å². The van der Waals surface area contributed by atoms with E-state index < -0.39 is 15.6 Å². The Balaban J connectivity index is 1.62. The molecule has 0 radical (unpaired) electrons. The summed E-state index contributed by atoms with van der Waals surface area (Å²) in [4.78, 5) is 4.01. The molecule has 0 amide bonds. The molecule has 2 aromatic rings. The number of aromatic nitrogens is 2. The van der Waals surface area contributed by atoms with Gasteiger partial charge in [-0.05, 0) is 30.9 Å². The third-order valence-corrected chi connectivity index (χ3v) is 7.14. The SMILES string of the molecule is COc1cccc2c1C1(CCN(S(=O)(=O)c3cn(C)cn3)CC1)OCC2. The van der Waals surface area contributed by atoms with E-state index >= 15 is 0 Å². The van der Waals surface area contributed by atoms with Gasteiger partial charge < -0.3 is 14.0 Å². The van der Waals surface area contributed by atoms with Crippen molar-refractivity contribution in [3.63, 3.8) is 0 Å². The molecule has 140 valence electrons. The van der Waals surface area contributed by atoms with Gasteiger partial charge in [-0.1, -0.05) is 12.1 Å². The number of aryl methyl sites for hydroxylation is 1. The smallest absolute Gasteiger partial charge is 0.262 e. The van der Waals surface area contributed by atoms with E-state index in [-0.39, 0.29) is 5.03 Å². The van der Waals surface area contributed by atoms with Crippen molar-refractivity contribution < 1.29 is 17.9 Å². The topological polar surface area (TPSA) is 73.7 Å². The van der Waals surface area contributed by atoms with E-state index in [1.54, 1.807) is 18.7 Å². The Hall–Kier alpha value is -1.90. The number of sulfonamides is 1. The minimum Gasteiger partial charge on any atom is -0.496 e. The average Bonchev–Trinajstić information content (AvgIpc) is 3.09. The van der Waals surface area contributed by atoms with Gasteiger partial charge in [0.25, 0.3) is 10.0 Å². The van der Waals surface area contributed by atoms with Crippen LogP contribution in [0.3, 0.4) is 0 Å². The summed E-state index contributed by atoms with van der Waals surface area (Å²) < 4.78 is 40.6. The van der Waals surface area contributed by atoms with Crippen LogP contribution < -0.4 is 4.74 Å². The lowest BCUT2D eigenvalue weighted by atomic mass is 9.79. The van der Waals surface area contributed by atoms with Gasteiger partial charge in [-0.15, -0.1) is 0 Å². The first-order valence-electron chi connectivity index (χ1n) is 8.75. The zero-order chi connectivity index (χ0) is 18.4. The minimum atomic E-state index is -3.58. The summed E-state index contributed by atoms with van der Waals surface area (Å²) in [5, 5.41) is 0.0958. The van der Waals surface area contributed by atoms with Gasteiger partial charge in [-0.3, -0.25) is 0 Å². The number of rotatable bonds is 3. The Labute approximate surface area is 153 Å². The first-order chi connectivity index (χ1) is 12.5. The molecule has 0 saturated carbocycles. The first kappa shape index (κ1) is 17.5. The molecule has 2 aliphatic rings. The molecule has 0 atom stereocenters. The van der Waals surface area contributed by atoms with Crippen LogP contribution >= 0.6 is 0 Å². The van der Waals surface area contributed by atoms with E-state index in [1.807, 2.05) is 12.1 Å². The normalized spacial score (nSPS) is 20.1. The maximum absolute atomic E-state index is 12.8. The van der Waals surface area contributed by atoms with E-state index in [2.05, 4.69) is 11.1 Å². The lowest BCUT2D eigenvalue weighted by Gasteiger charge is -2.44. The number of hydrogen-bond acceptors (Lipinski definition) is 5. The maximum Gasteiger partial charge on any atom is 0.262 e. The largest absolute Gasteiger partial charge is 0.496 e. The summed E-state index contributed by atoms with van der Waals surface area (Å²) in [6.07, 6.45) is 5.10. The number of piperidine rings is 1. The minimum absolute atomic E-state index is 0.0958. The van der Waals surface area contributed by atoms with Crippen LogP contribution in [0.5, 0.6) is 5.75 Å². The molecule has 1 spiro atoms. The van der Waals surface area contributed by atoms with Crippen LogP contribution in [0.15, 0.2) is 35.7 Å². The highest BCUT2D eigenvalue weighted by molar-refractivity contribution is 7.89. The average molecular weight is 377 g/mol. The molecule has 3 heterocycles. The fourth-order valence-electron chi connectivity index (χ4n) is 4.04. The van der Waals surface area contributed by atoms with E-state index in [4.69, 9.17) is 9.47 Å². The van der Waals surface area contributed by atoms with Crippen LogP contribution in [0, 0.1) is 0 Å². The predicted molar refractivity (Wildman–Crippen MR) is 95.5 cm³/mol. The fourth-order valence-corrected chi connectivity index (χ4v) is 5.44. The molecule has 4 rings (SSSR count). The molecule has 0 unspecified atom stereocenters. The van der Waals surface area contributed by atoms with E-state index in [1.165, 1.54) is 22.4 Å². The van der Waals surface area contributed by atoms with Gasteiger partial charge in [0, 0.05) is 31.9 Å². The number of methoxy groups -OCH3 is 1. The molecule has 7 nitrogen and oxygen atoms in total. The number of benzene rings is 1. The Bertz CT molecular complexity index is 900. The second kappa shape index (κ2) is 6.37. The highest BCUT2D eigenvalue weighted by Crippen LogP contribution is 2.46. The lowest BCUT2D eigenvalue weighted by molar-refractivity contribution is -0.0904. The standard InChI is InChI=1S/C18H23N3O4S/c1-20-12-16(19-13-20)26(22,23)21-9-7-18(8-10-21)17-14(6-11-25-18)4-3-5-15(17)24-2/h3-5,12-13H,6-11H2,1-2H3. The summed E-state index contributed by atoms with van der Waals surface area (Å²) in [6, 6.07) is 6.06. The predicted octanol–water partition coefficient (Wildman–Crippen LogP) is 1.68. The highest BCUT2D eigenvalue weighted by atomic mass is 32.2. The molecule has 1 fully saturated rings. The number of fused-ring (bicyclic) bond motifs is 2. The van der Waals surface area contributed by atoms with Crippen molar-refractivity contribution in [2.75, 3.05) is 26.8 Å². The second-order valence-corrected chi connectivity index (χ2v) is 8.75. The van der Waals surface area contributed by atoms with Crippen molar-refractivity contribution >= 4 is 10.0 Å². The number of hydrogen-bond donors (Lipinski definition) is 0. The summed E-state index contributed by atoms with van der Waals surface area (Å²) in [6.45, 7) is 1.44. The van der Waals surface area contributed by atoms with Crippen LogP contribution in [0.4, 0.5) is 0 Å².